The van der Waals surface area contributed by atoms with E-state index < -0.39 is 40.6 Å². The molecule has 1 amide bonds. The zero-order chi connectivity index (χ0) is 24.4. The number of carbonyl (C=O) groups excluding carboxylic acids is 1. The van der Waals surface area contributed by atoms with Crippen LogP contribution in [0, 0.1) is 24.0 Å². The Bertz CT molecular complexity index is 1260. The van der Waals surface area contributed by atoms with Crippen molar-refractivity contribution in [2.45, 2.75) is 6.92 Å². The van der Waals surface area contributed by atoms with Gasteiger partial charge in [-0.3, -0.25) is 10.2 Å². The largest absolute Gasteiger partial charge is 0.508 e. The van der Waals surface area contributed by atoms with E-state index in [9.17, 15) is 23.8 Å². The molecule has 2 aromatic carbocycles. The van der Waals surface area contributed by atoms with Gasteiger partial charge in [0.1, 0.15) is 17.3 Å². The predicted molar refractivity (Wildman–Crippen MR) is 114 cm³/mol. The lowest BCUT2D eigenvalue weighted by Gasteiger charge is -2.15. The fourth-order valence-corrected chi connectivity index (χ4v) is 2.75. The van der Waals surface area contributed by atoms with E-state index in [-0.39, 0.29) is 34.2 Å². The number of amides is 1. The standard InChI is InChI=1S/C22H20F2N4O5/c1-10-17(23)20(32-14-7-12(6-13(29)9-14)22(31)28(2)3)27-21(18(10)24)33-16-8-11(19(25)26)4-5-15(16)30/h4-9,29-30H,1-3H3,(H3,25,26). The second-order valence-electron chi connectivity index (χ2n) is 7.19. The van der Waals surface area contributed by atoms with Gasteiger partial charge >= 0.3 is 0 Å². The minimum Gasteiger partial charge on any atom is -0.508 e. The van der Waals surface area contributed by atoms with Crippen molar-refractivity contribution >= 4 is 11.7 Å². The summed E-state index contributed by atoms with van der Waals surface area (Å²) in [5, 5.41) is 27.4. The van der Waals surface area contributed by atoms with Gasteiger partial charge in [-0.25, -0.2) is 8.78 Å². The minimum absolute atomic E-state index is 0.0664. The Morgan fingerprint density at radius 2 is 1.67 bits per heavy atom. The van der Waals surface area contributed by atoms with Crippen molar-refractivity contribution in [1.82, 2.24) is 9.88 Å². The molecule has 1 aromatic heterocycles. The molecular weight excluding hydrogens is 438 g/mol. The van der Waals surface area contributed by atoms with Crippen LogP contribution in [0.1, 0.15) is 21.5 Å². The van der Waals surface area contributed by atoms with Crippen LogP contribution < -0.4 is 15.2 Å². The molecule has 11 heteroatoms. The van der Waals surface area contributed by atoms with Crippen LogP contribution >= 0.6 is 0 Å². The Kier molecular flexibility index (Phi) is 6.33. The quantitative estimate of drug-likeness (QED) is 0.326. The number of phenols is 2. The van der Waals surface area contributed by atoms with E-state index in [4.69, 9.17) is 20.6 Å². The number of benzene rings is 2. The Labute approximate surface area is 187 Å². The van der Waals surface area contributed by atoms with Crippen molar-refractivity contribution in [3.8, 4) is 34.8 Å². The summed E-state index contributed by atoms with van der Waals surface area (Å²) in [6.45, 7) is 1.13. The summed E-state index contributed by atoms with van der Waals surface area (Å²) in [4.78, 5) is 17.2. The summed E-state index contributed by atoms with van der Waals surface area (Å²) in [7, 11) is 3.02. The highest BCUT2D eigenvalue weighted by Gasteiger charge is 2.22. The number of pyridine rings is 1. The van der Waals surface area contributed by atoms with Gasteiger partial charge in [-0.05, 0) is 37.3 Å². The molecule has 9 nitrogen and oxygen atoms in total. The maximum atomic E-state index is 14.7. The van der Waals surface area contributed by atoms with E-state index in [2.05, 4.69) is 4.98 Å². The highest BCUT2D eigenvalue weighted by molar-refractivity contribution is 5.95. The third-order valence-corrected chi connectivity index (χ3v) is 4.47. The molecule has 0 saturated heterocycles. The van der Waals surface area contributed by atoms with Crippen LogP contribution in [0.3, 0.4) is 0 Å². The highest BCUT2D eigenvalue weighted by atomic mass is 19.1. The summed E-state index contributed by atoms with van der Waals surface area (Å²) < 4.78 is 40.1. The SMILES string of the molecule is Cc1c(F)c(Oc2cc(O)cc(C(=O)N(C)C)c2)nc(Oc2cc(C(=N)N)ccc2O)c1F. The average molecular weight is 458 g/mol. The molecule has 0 saturated carbocycles. The van der Waals surface area contributed by atoms with E-state index >= 15 is 0 Å². The number of nitrogens with two attached hydrogens (primary N) is 1. The van der Waals surface area contributed by atoms with Crippen LogP contribution in [-0.2, 0) is 0 Å². The van der Waals surface area contributed by atoms with E-state index in [0.717, 1.165) is 13.0 Å². The molecule has 1 heterocycles. The summed E-state index contributed by atoms with van der Waals surface area (Å²) in [6, 6.07) is 7.31. The Morgan fingerprint density at radius 1 is 1.03 bits per heavy atom. The number of aromatic hydroxyl groups is 2. The molecule has 33 heavy (non-hydrogen) atoms. The fourth-order valence-electron chi connectivity index (χ4n) is 2.75. The first-order valence-electron chi connectivity index (χ1n) is 9.42. The van der Waals surface area contributed by atoms with Crippen molar-refractivity contribution in [3.05, 3.63) is 64.7 Å². The molecular formula is C22H20F2N4O5. The number of aromatic nitrogens is 1. The lowest BCUT2D eigenvalue weighted by atomic mass is 10.2. The number of hydrogen-bond donors (Lipinski definition) is 4. The normalized spacial score (nSPS) is 10.6. The highest BCUT2D eigenvalue weighted by Crippen LogP contribution is 2.36. The Balaban J connectivity index is 2.02. The van der Waals surface area contributed by atoms with E-state index in [0.29, 0.717) is 0 Å². The second-order valence-corrected chi connectivity index (χ2v) is 7.19. The Hall–Kier alpha value is -4.41. The number of halogens is 2. The lowest BCUT2D eigenvalue weighted by Crippen LogP contribution is -2.21. The molecule has 5 N–H and O–H groups in total. The van der Waals surface area contributed by atoms with Gasteiger partial charge in [-0.2, -0.15) is 4.98 Å². The first-order valence-corrected chi connectivity index (χ1v) is 9.42. The summed E-state index contributed by atoms with van der Waals surface area (Å²) in [6.07, 6.45) is 0. The summed E-state index contributed by atoms with van der Waals surface area (Å²) in [5.41, 5.74) is 5.19. The fraction of sp³-hybridized carbons (Fsp3) is 0.136. The molecule has 0 aliphatic carbocycles. The van der Waals surface area contributed by atoms with Gasteiger partial charge in [-0.15, -0.1) is 0 Å². The smallest absolute Gasteiger partial charge is 0.259 e. The van der Waals surface area contributed by atoms with Crippen LogP contribution in [0.5, 0.6) is 34.8 Å². The number of rotatable bonds is 6. The van der Waals surface area contributed by atoms with Crippen molar-refractivity contribution in [2.24, 2.45) is 5.73 Å². The number of hydrogen-bond acceptors (Lipinski definition) is 7. The van der Waals surface area contributed by atoms with Gasteiger partial charge in [-0.1, -0.05) is 0 Å². The van der Waals surface area contributed by atoms with Crippen molar-refractivity contribution < 1.29 is 33.3 Å². The van der Waals surface area contributed by atoms with Crippen molar-refractivity contribution in [2.75, 3.05) is 14.1 Å². The van der Waals surface area contributed by atoms with Crippen LogP contribution in [-0.4, -0.2) is 45.9 Å². The number of nitrogens with one attached hydrogen (secondary N) is 1. The third-order valence-electron chi connectivity index (χ3n) is 4.47. The molecule has 0 spiro atoms. The van der Waals surface area contributed by atoms with Crippen LogP contribution in [0.25, 0.3) is 0 Å². The minimum atomic E-state index is -1.15. The number of phenolic OH excluding ortho intramolecular Hbond substituents is 2. The van der Waals surface area contributed by atoms with Crippen molar-refractivity contribution in [1.29, 1.82) is 5.41 Å². The van der Waals surface area contributed by atoms with Gasteiger partial charge in [0.2, 0.25) is 0 Å². The lowest BCUT2D eigenvalue weighted by molar-refractivity contribution is 0.0827. The van der Waals surface area contributed by atoms with Gasteiger partial charge < -0.3 is 30.3 Å². The zero-order valence-corrected chi connectivity index (χ0v) is 17.8. The van der Waals surface area contributed by atoms with Crippen molar-refractivity contribution in [3.63, 3.8) is 0 Å². The molecule has 172 valence electrons. The molecule has 0 bridgehead atoms. The average Bonchev–Trinajstić information content (AvgIpc) is 2.75. The molecule has 0 unspecified atom stereocenters. The van der Waals surface area contributed by atoms with Gasteiger partial charge in [0.15, 0.2) is 23.1 Å². The maximum Gasteiger partial charge on any atom is 0.259 e. The monoisotopic (exact) mass is 458 g/mol. The molecule has 0 aliphatic rings. The molecule has 0 radical (unpaired) electrons. The number of nitrogens with zero attached hydrogens (tertiary/aromatic N) is 2. The second kappa shape index (κ2) is 8.99. The molecule has 0 fully saturated rings. The summed E-state index contributed by atoms with van der Waals surface area (Å²) in [5.74, 6) is -5.58. The number of carbonyl (C=O) groups is 1. The maximum absolute atomic E-state index is 14.7. The van der Waals surface area contributed by atoms with E-state index in [1.165, 1.54) is 49.3 Å². The van der Waals surface area contributed by atoms with Gasteiger partial charge in [0, 0.05) is 36.9 Å². The van der Waals surface area contributed by atoms with E-state index in [1.54, 1.807) is 0 Å². The van der Waals surface area contributed by atoms with Crippen LogP contribution in [0.4, 0.5) is 8.78 Å². The number of ether oxygens (including phenoxy) is 2. The topological polar surface area (TPSA) is 142 Å². The van der Waals surface area contributed by atoms with E-state index in [1.807, 2.05) is 0 Å². The molecule has 0 aliphatic heterocycles. The Morgan fingerprint density at radius 3 is 2.27 bits per heavy atom. The van der Waals surface area contributed by atoms with Crippen LogP contribution in [0.15, 0.2) is 36.4 Å². The molecule has 3 rings (SSSR count). The summed E-state index contributed by atoms with van der Waals surface area (Å²) >= 11 is 0. The first kappa shape index (κ1) is 23.3. The first-order chi connectivity index (χ1) is 15.5. The van der Waals surface area contributed by atoms with Gasteiger partial charge in [0.25, 0.3) is 17.7 Å². The van der Waals surface area contributed by atoms with Crippen LogP contribution in [0.2, 0.25) is 0 Å². The zero-order valence-electron chi connectivity index (χ0n) is 17.8. The predicted octanol–water partition coefficient (Wildman–Crippen LogP) is 3.65. The third kappa shape index (κ3) is 4.92. The number of nitrogen functional groups attached to an aromatic ring is 1. The molecule has 0 atom stereocenters. The van der Waals surface area contributed by atoms with Gasteiger partial charge in [0.05, 0.1) is 0 Å². The number of amidine groups is 1. The molecule has 3 aromatic rings.